The average Bonchev–Trinajstić information content (AvgIpc) is 0.818. The first-order chi connectivity index (χ1) is 55.6. The maximum Gasteiger partial charge on any atom is 0.243 e. The zero-order chi connectivity index (χ0) is 86.9. The van der Waals surface area contributed by atoms with Crippen LogP contribution in [0.25, 0.3) is 0 Å². The van der Waals surface area contributed by atoms with Crippen LogP contribution in [0.5, 0.6) is 0 Å². The number of amides is 11. The normalized spacial score (nSPS) is 24.3. The highest BCUT2D eigenvalue weighted by molar-refractivity contribution is 7.59. The van der Waals surface area contributed by atoms with Gasteiger partial charge in [0, 0.05) is 110 Å². The second-order valence-electron chi connectivity index (χ2n) is 29.9. The Hall–Kier alpha value is -6.36. The van der Waals surface area contributed by atoms with Gasteiger partial charge in [-0.2, -0.15) is 0 Å². The molecule has 0 bridgehead atoms. The molecule has 117 heavy (non-hydrogen) atoms. The number of aliphatic hydroxyl groups excluding tert-OH is 9. The highest BCUT2D eigenvalue weighted by atomic mass is 31.2. The molecule has 42 nitrogen and oxygen atoms in total. The average molecular weight is 1700 g/mol. The molecule has 3 rings (SSSR count). The fourth-order valence-corrected chi connectivity index (χ4v) is 13.7. The molecule has 676 valence electrons. The van der Waals surface area contributed by atoms with Gasteiger partial charge in [0.25, 0.3) is 0 Å². The minimum absolute atomic E-state index is 0.00683. The van der Waals surface area contributed by atoms with Crippen LogP contribution < -0.4 is 58.5 Å². The number of unbranched alkanes of at least 4 members (excludes halogenated alkanes) is 6. The highest BCUT2D eigenvalue weighted by Gasteiger charge is 2.48. The van der Waals surface area contributed by atoms with Crippen LogP contribution in [0.1, 0.15) is 170 Å². The van der Waals surface area contributed by atoms with E-state index in [0.717, 1.165) is 6.42 Å². The molecule has 43 heteroatoms. The standard InChI is InChI=1S/C74H134N11O31P/c1-46(89)81-60-66(101)63(98)51(43-86)114-71(60)111-39-36-108-33-30-77-56(94)23-16-21-54(92)75-27-13-10-19-49(69(104)80-29-12-8-7-9-15-42-117(106,107)74(4,5)6)85-70(105)50(84-59(97)26-18-25-58(96)79-32-35-110-38-41-113-73-62(83-48(3)91)68(103)65(100)53(45-88)116-73)20-11-14-28-76-55(93)22-17-24-57(95)78-31-34-109-37-40-112-72-61(82-47(2)90)67(102)64(99)52(44-87)115-72/h49-53,60-68,71-73,86-88,98-103H,7-45H2,1-6H3,(H,75,92)(H,76,93)(H,77,94)(H,78,95)(H,79,96)(H,80,104)(H,81,89)(H,82,90)(H,83,91)(H,84,97)(H,85,105)(H,106,107)/t49-,50-,51?,52?,53?,60?,61?,62?,63?,64?,65?,66?,67?,68?,71?,72?,73?/m0/s1. The van der Waals surface area contributed by atoms with Crippen molar-refractivity contribution in [3.63, 3.8) is 0 Å². The van der Waals surface area contributed by atoms with Gasteiger partial charge >= 0.3 is 0 Å². The van der Waals surface area contributed by atoms with Crippen molar-refractivity contribution >= 4 is 72.3 Å². The second-order valence-corrected chi connectivity index (χ2v) is 33.1. The summed E-state index contributed by atoms with van der Waals surface area (Å²) in [6.45, 7) is 7.90. The SMILES string of the molecule is CC(=O)NC1C(OCCOCCNC(=O)CCCC(=O)NCCCC[C@H](NC(=O)CCCC(=O)NCCOCCOC2OC(CO)C(O)C(O)C2NC(C)=O)C(=O)N[C@@H](CCCCNC(=O)CCCC(=O)NCCOCCOC2OC(CO)C(O)C(O)C2NC(C)=O)C(=O)NCCCCCCCP(=O)(O)C(C)(C)C)OC(CO)C(O)C1O. The number of carbonyl (C=O) groups excluding carboxylic acids is 11. The van der Waals surface area contributed by atoms with Gasteiger partial charge in [-0.3, -0.25) is 57.3 Å². The van der Waals surface area contributed by atoms with Crippen LogP contribution in [0.4, 0.5) is 0 Å². The highest BCUT2D eigenvalue weighted by Crippen LogP contribution is 2.54. The number of ether oxygens (including phenoxy) is 9. The van der Waals surface area contributed by atoms with E-state index in [1.54, 1.807) is 20.8 Å². The lowest BCUT2D eigenvalue weighted by molar-refractivity contribution is -0.272. The first-order valence-electron chi connectivity index (χ1n) is 40.4. The topological polar surface area (TPSA) is 623 Å². The Morgan fingerprint density at radius 1 is 0.359 bits per heavy atom. The fraction of sp³-hybridized carbons (Fsp3) is 0.851. The van der Waals surface area contributed by atoms with Crippen LogP contribution in [0.2, 0.25) is 0 Å². The third-order valence-electron chi connectivity index (χ3n) is 19.2. The lowest BCUT2D eigenvalue weighted by atomic mass is 9.97. The molecular weight excluding hydrogens is 1570 g/mol. The predicted octanol–water partition coefficient (Wildman–Crippen LogP) is -5.55. The van der Waals surface area contributed by atoms with Crippen molar-refractivity contribution in [1.29, 1.82) is 0 Å². The van der Waals surface area contributed by atoms with Crippen LogP contribution in [0, 0.1) is 0 Å². The summed E-state index contributed by atoms with van der Waals surface area (Å²) in [4.78, 5) is 151. The van der Waals surface area contributed by atoms with E-state index < -0.39 is 178 Å². The summed E-state index contributed by atoms with van der Waals surface area (Å²) in [5.41, 5.74) is 0. The van der Waals surface area contributed by atoms with E-state index in [1.165, 1.54) is 20.8 Å². The van der Waals surface area contributed by atoms with E-state index >= 15 is 0 Å². The summed E-state index contributed by atoms with van der Waals surface area (Å²) in [5.74, 6) is -5.09. The summed E-state index contributed by atoms with van der Waals surface area (Å²) in [6.07, 6.45) is -10.8. The molecule has 3 fully saturated rings. The minimum atomic E-state index is -3.35. The smallest absolute Gasteiger partial charge is 0.243 e. The largest absolute Gasteiger partial charge is 0.394 e. The molecule has 0 aromatic carbocycles. The van der Waals surface area contributed by atoms with E-state index in [9.17, 15) is 108 Å². The van der Waals surface area contributed by atoms with Gasteiger partial charge in [0.15, 0.2) is 18.9 Å². The molecule has 0 aromatic rings. The molecule has 0 aliphatic carbocycles. The molecule has 0 spiro atoms. The maximum absolute atomic E-state index is 14.4. The molecule has 11 amide bonds. The molecule has 0 saturated carbocycles. The molecule has 3 aliphatic rings. The number of aliphatic hydroxyl groups is 9. The quantitative estimate of drug-likeness (QED) is 0.0199. The van der Waals surface area contributed by atoms with Gasteiger partial charge in [0.2, 0.25) is 72.3 Å². The molecule has 18 atom stereocenters. The van der Waals surface area contributed by atoms with Crippen molar-refractivity contribution in [2.75, 3.05) is 125 Å². The first kappa shape index (κ1) is 105. The Bertz CT molecular complexity index is 3010. The Kier molecular flexibility index (Phi) is 52.5. The van der Waals surface area contributed by atoms with Gasteiger partial charge in [0.1, 0.15) is 85.1 Å². The fourth-order valence-electron chi connectivity index (χ4n) is 12.4. The summed E-state index contributed by atoms with van der Waals surface area (Å²) in [5, 5.41) is 120. The third kappa shape index (κ3) is 42.6. The minimum Gasteiger partial charge on any atom is -0.394 e. The van der Waals surface area contributed by atoms with Crippen molar-refractivity contribution in [1.82, 2.24) is 58.5 Å². The molecule has 3 heterocycles. The molecule has 3 saturated heterocycles. The predicted molar refractivity (Wildman–Crippen MR) is 415 cm³/mol. The maximum atomic E-state index is 14.4. The lowest BCUT2D eigenvalue weighted by Gasteiger charge is -2.42. The van der Waals surface area contributed by atoms with Crippen LogP contribution in [-0.2, 0) is 99.9 Å². The van der Waals surface area contributed by atoms with Gasteiger partial charge < -0.3 is 152 Å². The van der Waals surface area contributed by atoms with Crippen molar-refractivity contribution in [2.24, 2.45) is 0 Å². The summed E-state index contributed by atoms with van der Waals surface area (Å²) in [7, 11) is -3.35. The lowest BCUT2D eigenvalue weighted by Crippen LogP contribution is -2.64. The Morgan fingerprint density at radius 2 is 0.658 bits per heavy atom. The van der Waals surface area contributed by atoms with E-state index in [-0.39, 0.29) is 206 Å². The second kappa shape index (κ2) is 58.6. The van der Waals surface area contributed by atoms with Crippen molar-refractivity contribution in [3.05, 3.63) is 0 Å². The number of hydrogen-bond donors (Lipinski definition) is 21. The number of nitrogens with one attached hydrogen (secondary N) is 11. The number of rotatable bonds is 61. The molecule has 3 aliphatic heterocycles. The van der Waals surface area contributed by atoms with Gasteiger partial charge in [-0.25, -0.2) is 0 Å². The zero-order valence-electron chi connectivity index (χ0n) is 68.4. The molecule has 21 N–H and O–H groups in total. The molecule has 0 aromatic heterocycles. The summed E-state index contributed by atoms with van der Waals surface area (Å²) in [6, 6.07) is -5.70. The molecular formula is C74H134N11O31P. The van der Waals surface area contributed by atoms with Gasteiger partial charge in [-0.15, -0.1) is 0 Å². The summed E-state index contributed by atoms with van der Waals surface area (Å²) < 4.78 is 62.7. The van der Waals surface area contributed by atoms with Crippen molar-refractivity contribution in [2.45, 2.75) is 279 Å². The molecule has 16 unspecified atom stereocenters. The Morgan fingerprint density at radius 3 is 0.991 bits per heavy atom. The zero-order valence-corrected chi connectivity index (χ0v) is 69.3. The van der Waals surface area contributed by atoms with E-state index in [4.69, 9.17) is 42.6 Å². The van der Waals surface area contributed by atoms with E-state index in [0.29, 0.717) is 44.9 Å². The number of carbonyl (C=O) groups is 11. The van der Waals surface area contributed by atoms with Crippen molar-refractivity contribution < 1.29 is 151 Å². The van der Waals surface area contributed by atoms with Gasteiger partial charge in [0.05, 0.1) is 79.3 Å². The van der Waals surface area contributed by atoms with Crippen molar-refractivity contribution in [3.8, 4) is 0 Å². The number of hydrogen-bond acceptors (Lipinski definition) is 30. The van der Waals surface area contributed by atoms with Gasteiger partial charge in [-0.1, -0.05) is 40.0 Å². The Balaban J connectivity index is 1.56. The molecule has 0 radical (unpaired) electrons. The third-order valence-corrected chi connectivity index (χ3v) is 22.2. The summed E-state index contributed by atoms with van der Waals surface area (Å²) >= 11 is 0. The first-order valence-corrected chi connectivity index (χ1v) is 42.3. The van der Waals surface area contributed by atoms with E-state index in [1.807, 2.05) is 0 Å². The van der Waals surface area contributed by atoms with Crippen LogP contribution >= 0.6 is 7.37 Å². The monoisotopic (exact) mass is 1700 g/mol. The Labute approximate surface area is 683 Å². The van der Waals surface area contributed by atoms with Gasteiger partial charge in [-0.05, 0) is 70.6 Å². The van der Waals surface area contributed by atoms with Crippen LogP contribution in [-0.4, -0.2) is 350 Å². The van der Waals surface area contributed by atoms with Crippen LogP contribution in [0.3, 0.4) is 0 Å². The van der Waals surface area contributed by atoms with Crippen LogP contribution in [0.15, 0.2) is 0 Å². The van der Waals surface area contributed by atoms with E-state index in [2.05, 4.69) is 58.5 Å².